The Morgan fingerprint density at radius 1 is 1.39 bits per heavy atom. The average molecular weight is 248 g/mol. The molecule has 0 aromatic heterocycles. The average Bonchev–Trinajstić information content (AvgIpc) is 2.59. The van der Waals surface area contributed by atoms with Crippen LogP contribution in [0.1, 0.15) is 39.5 Å². The maximum atomic E-state index is 11.9. The monoisotopic (exact) mass is 248 g/mol. The first-order valence-corrected chi connectivity index (χ1v) is 6.57. The Balaban J connectivity index is 2.22. The van der Waals surface area contributed by atoms with E-state index in [4.69, 9.17) is 4.74 Å². The van der Waals surface area contributed by atoms with Crippen LogP contribution in [0, 0.1) is 11.8 Å². The van der Waals surface area contributed by atoms with Crippen molar-refractivity contribution in [1.29, 1.82) is 0 Å². The smallest absolute Gasteiger partial charge is 0.334 e. The van der Waals surface area contributed by atoms with Gasteiger partial charge >= 0.3 is 5.97 Å². The summed E-state index contributed by atoms with van der Waals surface area (Å²) in [5.74, 6) is -0.0401. The lowest BCUT2D eigenvalue weighted by Crippen LogP contribution is -2.24. The summed E-state index contributed by atoms with van der Waals surface area (Å²) in [7, 11) is 0. The van der Waals surface area contributed by atoms with Crippen LogP contribution in [-0.2, 0) is 14.3 Å². The lowest BCUT2D eigenvalue weighted by molar-refractivity contribution is -0.140. The molecule has 0 aromatic rings. The van der Waals surface area contributed by atoms with E-state index in [-0.39, 0.29) is 29.7 Å². The summed E-state index contributed by atoms with van der Waals surface area (Å²) in [4.78, 5) is 23.5. The van der Waals surface area contributed by atoms with Crippen molar-refractivity contribution in [1.82, 2.24) is 0 Å². The first kappa shape index (κ1) is 13.1. The number of carbonyl (C=O) groups is 2. The third-order valence-electron chi connectivity index (χ3n) is 4.05. The fourth-order valence-electron chi connectivity index (χ4n) is 2.68. The van der Waals surface area contributed by atoms with Crippen LogP contribution in [0.25, 0.3) is 0 Å². The van der Waals surface area contributed by atoms with Crippen LogP contribution in [0.15, 0.2) is 23.8 Å². The molecule has 3 atom stereocenters. The summed E-state index contributed by atoms with van der Waals surface area (Å²) in [6.07, 6.45) is 4.77. The summed E-state index contributed by atoms with van der Waals surface area (Å²) >= 11 is 0. The molecule has 1 aliphatic carbocycles. The molecule has 0 bridgehead atoms. The highest BCUT2D eigenvalue weighted by Crippen LogP contribution is 2.35. The molecule has 1 saturated heterocycles. The van der Waals surface area contributed by atoms with E-state index in [1.165, 1.54) is 5.57 Å². The number of rotatable bonds is 0. The predicted molar refractivity (Wildman–Crippen MR) is 68.9 cm³/mol. The number of allylic oxidation sites excluding steroid dienone is 2. The molecule has 1 fully saturated rings. The van der Waals surface area contributed by atoms with Crippen molar-refractivity contribution in [2.24, 2.45) is 11.8 Å². The molecule has 0 N–H and O–H groups in total. The van der Waals surface area contributed by atoms with E-state index in [0.717, 1.165) is 12.8 Å². The number of ketones is 1. The van der Waals surface area contributed by atoms with Crippen LogP contribution in [0.4, 0.5) is 0 Å². The number of hydrogen-bond acceptors (Lipinski definition) is 3. The van der Waals surface area contributed by atoms with Gasteiger partial charge in [-0.2, -0.15) is 0 Å². The first-order chi connectivity index (χ1) is 8.49. The summed E-state index contributed by atoms with van der Waals surface area (Å²) in [5.41, 5.74) is 1.79. The third kappa shape index (κ3) is 2.55. The molecule has 3 heteroatoms. The topological polar surface area (TPSA) is 43.4 Å². The van der Waals surface area contributed by atoms with Crippen LogP contribution in [0.2, 0.25) is 0 Å². The highest BCUT2D eigenvalue weighted by atomic mass is 16.6. The molecule has 1 aliphatic heterocycles. The quantitative estimate of drug-likeness (QED) is 0.376. The Bertz CT molecular complexity index is 419. The normalized spacial score (nSPS) is 36.7. The maximum Gasteiger partial charge on any atom is 0.334 e. The Morgan fingerprint density at radius 3 is 2.83 bits per heavy atom. The fourth-order valence-corrected chi connectivity index (χ4v) is 2.68. The van der Waals surface area contributed by atoms with Crippen molar-refractivity contribution < 1.29 is 14.3 Å². The summed E-state index contributed by atoms with van der Waals surface area (Å²) < 4.78 is 5.35. The molecule has 0 spiro atoms. The van der Waals surface area contributed by atoms with Crippen molar-refractivity contribution in [3.63, 3.8) is 0 Å². The highest BCUT2D eigenvalue weighted by molar-refractivity contribution is 5.91. The van der Waals surface area contributed by atoms with Gasteiger partial charge in [-0.05, 0) is 26.2 Å². The van der Waals surface area contributed by atoms with Crippen molar-refractivity contribution >= 4 is 11.8 Å². The van der Waals surface area contributed by atoms with Gasteiger partial charge in [0.2, 0.25) is 0 Å². The molecular formula is C15H20O3. The lowest BCUT2D eigenvalue weighted by atomic mass is 9.83. The first-order valence-electron chi connectivity index (χ1n) is 6.57. The largest absolute Gasteiger partial charge is 0.458 e. The van der Waals surface area contributed by atoms with E-state index < -0.39 is 0 Å². The molecule has 0 saturated carbocycles. The van der Waals surface area contributed by atoms with Crippen LogP contribution >= 0.6 is 0 Å². The second-order valence-corrected chi connectivity index (χ2v) is 5.47. The van der Waals surface area contributed by atoms with E-state index in [9.17, 15) is 9.59 Å². The second-order valence-electron chi connectivity index (χ2n) is 5.47. The zero-order valence-electron chi connectivity index (χ0n) is 11.1. The van der Waals surface area contributed by atoms with Gasteiger partial charge in [-0.1, -0.05) is 25.2 Å². The van der Waals surface area contributed by atoms with Gasteiger partial charge in [-0.15, -0.1) is 0 Å². The minimum Gasteiger partial charge on any atom is -0.458 e. The molecule has 0 amide bonds. The van der Waals surface area contributed by atoms with E-state index >= 15 is 0 Å². The molecule has 2 aliphatic rings. The van der Waals surface area contributed by atoms with Gasteiger partial charge in [-0.25, -0.2) is 4.79 Å². The summed E-state index contributed by atoms with van der Waals surface area (Å²) in [5, 5.41) is 0. The molecular weight excluding hydrogens is 228 g/mol. The standard InChI is InChI=1S/C15H20O3/c1-9-4-6-12-11(3)15(17)18-14(12)8-10(2)13(16)7-5-9/h5,10,12,14H,3-4,6-8H2,1-2H3/b9-5+/t10?,12?,14-/m1/s1. The highest BCUT2D eigenvalue weighted by Gasteiger charge is 2.39. The van der Waals surface area contributed by atoms with Gasteiger partial charge in [0.25, 0.3) is 0 Å². The Kier molecular flexibility index (Phi) is 3.69. The van der Waals surface area contributed by atoms with E-state index in [2.05, 4.69) is 6.58 Å². The number of fused-ring (bicyclic) bond motifs is 1. The number of esters is 1. The third-order valence-corrected chi connectivity index (χ3v) is 4.05. The maximum absolute atomic E-state index is 11.9. The van der Waals surface area contributed by atoms with E-state index in [1.54, 1.807) is 0 Å². The molecule has 0 radical (unpaired) electrons. The summed E-state index contributed by atoms with van der Waals surface area (Å²) in [6.45, 7) is 7.79. The Hall–Kier alpha value is -1.38. The second kappa shape index (κ2) is 5.09. The van der Waals surface area contributed by atoms with Gasteiger partial charge in [-0.3, -0.25) is 4.79 Å². The number of Topliss-reactive ketones (excluding diaryl/α,β-unsaturated/α-hetero) is 1. The van der Waals surface area contributed by atoms with Crippen molar-refractivity contribution in [2.45, 2.75) is 45.6 Å². The van der Waals surface area contributed by atoms with Crippen molar-refractivity contribution in [2.75, 3.05) is 0 Å². The predicted octanol–water partition coefficient (Wildman–Crippen LogP) is 2.81. The van der Waals surface area contributed by atoms with Gasteiger partial charge in [0.15, 0.2) is 0 Å². The van der Waals surface area contributed by atoms with Gasteiger partial charge in [0.1, 0.15) is 11.9 Å². The number of ether oxygens (including phenoxy) is 1. The van der Waals surface area contributed by atoms with Crippen LogP contribution in [0.5, 0.6) is 0 Å². The van der Waals surface area contributed by atoms with E-state index in [0.29, 0.717) is 18.4 Å². The van der Waals surface area contributed by atoms with E-state index in [1.807, 2.05) is 19.9 Å². The van der Waals surface area contributed by atoms with Gasteiger partial charge < -0.3 is 4.74 Å². The minimum absolute atomic E-state index is 0.0571. The van der Waals surface area contributed by atoms with Crippen LogP contribution in [0.3, 0.4) is 0 Å². The SMILES string of the molecule is C=C1C(=O)O[C@@H]2CC(C)C(=O)C/C=C(\C)CCC12. The van der Waals surface area contributed by atoms with Crippen molar-refractivity contribution in [3.8, 4) is 0 Å². The molecule has 3 nitrogen and oxygen atoms in total. The Morgan fingerprint density at radius 2 is 2.11 bits per heavy atom. The molecule has 0 aromatic carbocycles. The van der Waals surface area contributed by atoms with Gasteiger partial charge in [0, 0.05) is 23.8 Å². The number of carbonyl (C=O) groups excluding carboxylic acids is 2. The minimum atomic E-state index is -0.287. The number of hydrogen-bond donors (Lipinski definition) is 0. The zero-order chi connectivity index (χ0) is 13.3. The summed E-state index contributed by atoms with van der Waals surface area (Å²) in [6, 6.07) is 0. The van der Waals surface area contributed by atoms with Crippen LogP contribution in [-0.4, -0.2) is 17.9 Å². The van der Waals surface area contributed by atoms with Gasteiger partial charge in [0.05, 0.1) is 0 Å². The molecule has 98 valence electrons. The van der Waals surface area contributed by atoms with Crippen LogP contribution < -0.4 is 0 Å². The van der Waals surface area contributed by atoms with Crippen molar-refractivity contribution in [3.05, 3.63) is 23.8 Å². The lowest BCUT2D eigenvalue weighted by Gasteiger charge is -2.22. The molecule has 2 unspecified atom stereocenters. The fraction of sp³-hybridized carbons (Fsp3) is 0.600. The molecule has 18 heavy (non-hydrogen) atoms. The molecule has 2 rings (SSSR count). The molecule has 1 heterocycles. The zero-order valence-corrected chi connectivity index (χ0v) is 11.1. The Labute approximate surface area is 108 Å².